The minimum absolute atomic E-state index is 0.718. The first-order valence-corrected chi connectivity index (χ1v) is 3.61. The van der Waals surface area contributed by atoms with Gasteiger partial charge in [-0.2, -0.15) is 0 Å². The van der Waals surface area contributed by atoms with Crippen molar-refractivity contribution in [3.8, 4) is 0 Å². The molecule has 0 radical (unpaired) electrons. The van der Waals surface area contributed by atoms with Crippen LogP contribution in [0, 0.1) is 11.8 Å². The number of hydrogen-bond acceptors (Lipinski definition) is 1. The van der Waals surface area contributed by atoms with Crippen LogP contribution in [0.1, 0.15) is 20.3 Å². The van der Waals surface area contributed by atoms with E-state index in [4.69, 9.17) is 5.73 Å². The van der Waals surface area contributed by atoms with E-state index in [0.717, 1.165) is 18.4 Å². The van der Waals surface area contributed by atoms with Crippen molar-refractivity contribution in [2.45, 2.75) is 20.3 Å². The third kappa shape index (κ3) is 1.33. The Morgan fingerprint density at radius 2 is 2.44 bits per heavy atom. The topological polar surface area (TPSA) is 26.0 Å². The summed E-state index contributed by atoms with van der Waals surface area (Å²) in [7, 11) is 0. The maximum atomic E-state index is 5.55. The molecule has 0 saturated carbocycles. The van der Waals surface area contributed by atoms with E-state index in [1.807, 2.05) is 0 Å². The third-order valence-electron chi connectivity index (χ3n) is 2.18. The molecule has 1 aliphatic rings. The smallest absolute Gasteiger partial charge is 0.00403 e. The molecule has 0 bridgehead atoms. The van der Waals surface area contributed by atoms with Crippen molar-refractivity contribution in [3.05, 3.63) is 11.6 Å². The first-order chi connectivity index (χ1) is 4.24. The highest BCUT2D eigenvalue weighted by Gasteiger charge is 2.19. The normalized spacial score (nSPS) is 34.8. The van der Waals surface area contributed by atoms with Gasteiger partial charge < -0.3 is 5.73 Å². The fraction of sp³-hybridized carbons (Fsp3) is 0.750. The summed E-state index contributed by atoms with van der Waals surface area (Å²) in [6.07, 6.45) is 3.55. The van der Waals surface area contributed by atoms with Crippen LogP contribution in [-0.2, 0) is 0 Å². The molecule has 9 heavy (non-hydrogen) atoms. The summed E-state index contributed by atoms with van der Waals surface area (Å²) in [6, 6.07) is 0. The Balaban J connectivity index is 2.49. The highest BCUT2D eigenvalue weighted by Crippen LogP contribution is 2.28. The van der Waals surface area contributed by atoms with E-state index >= 15 is 0 Å². The highest BCUT2D eigenvalue weighted by molar-refractivity contribution is 5.10. The lowest BCUT2D eigenvalue weighted by molar-refractivity contribution is 0.460. The van der Waals surface area contributed by atoms with Crippen LogP contribution in [0.4, 0.5) is 0 Å². The predicted molar refractivity (Wildman–Crippen MR) is 40.1 cm³/mol. The van der Waals surface area contributed by atoms with Crippen molar-refractivity contribution >= 4 is 0 Å². The second-order valence-electron chi connectivity index (χ2n) is 3.07. The zero-order chi connectivity index (χ0) is 6.85. The number of nitrogens with two attached hydrogens (primary N) is 1. The van der Waals surface area contributed by atoms with Gasteiger partial charge in [0.15, 0.2) is 0 Å². The maximum absolute atomic E-state index is 5.55. The van der Waals surface area contributed by atoms with Gasteiger partial charge in [-0.05, 0) is 31.7 Å². The lowest BCUT2D eigenvalue weighted by atomic mass is 9.98. The third-order valence-corrected chi connectivity index (χ3v) is 2.18. The Bertz CT molecular complexity index is 127. The second-order valence-corrected chi connectivity index (χ2v) is 3.07. The average Bonchev–Trinajstić information content (AvgIpc) is 2.10. The number of hydrogen-bond donors (Lipinski definition) is 1. The molecule has 0 amide bonds. The summed E-state index contributed by atoms with van der Waals surface area (Å²) in [5, 5.41) is 0. The first-order valence-electron chi connectivity index (χ1n) is 3.61. The van der Waals surface area contributed by atoms with Gasteiger partial charge in [-0.3, -0.25) is 0 Å². The number of rotatable bonds is 1. The van der Waals surface area contributed by atoms with Crippen LogP contribution in [0.3, 0.4) is 0 Å². The fourth-order valence-electron chi connectivity index (χ4n) is 1.55. The Morgan fingerprint density at radius 1 is 1.78 bits per heavy atom. The molecule has 1 heteroatoms. The summed E-state index contributed by atoms with van der Waals surface area (Å²) in [4.78, 5) is 0. The van der Waals surface area contributed by atoms with Gasteiger partial charge in [0, 0.05) is 0 Å². The second kappa shape index (κ2) is 2.53. The van der Waals surface area contributed by atoms with E-state index in [-0.39, 0.29) is 0 Å². The standard InChI is InChI=1S/C8H15N/c1-6-3-7(2)8(4-6)5-9/h3,7-8H,4-5,9H2,1-2H3. The molecule has 0 heterocycles. The summed E-state index contributed by atoms with van der Waals surface area (Å²) < 4.78 is 0. The molecular weight excluding hydrogens is 110 g/mol. The van der Waals surface area contributed by atoms with Crippen LogP contribution < -0.4 is 5.73 Å². The Hall–Kier alpha value is -0.300. The minimum Gasteiger partial charge on any atom is -0.330 e. The van der Waals surface area contributed by atoms with Gasteiger partial charge in [-0.25, -0.2) is 0 Å². The molecule has 2 N–H and O–H groups in total. The van der Waals surface area contributed by atoms with E-state index in [9.17, 15) is 0 Å². The zero-order valence-corrected chi connectivity index (χ0v) is 6.22. The van der Waals surface area contributed by atoms with Gasteiger partial charge in [0.2, 0.25) is 0 Å². The van der Waals surface area contributed by atoms with Crippen molar-refractivity contribution < 1.29 is 0 Å². The van der Waals surface area contributed by atoms with Gasteiger partial charge in [-0.1, -0.05) is 18.6 Å². The van der Waals surface area contributed by atoms with Gasteiger partial charge in [0.1, 0.15) is 0 Å². The Labute approximate surface area is 56.9 Å². The molecule has 0 aromatic rings. The minimum atomic E-state index is 0.718. The lowest BCUT2D eigenvalue weighted by Crippen LogP contribution is -2.16. The van der Waals surface area contributed by atoms with Gasteiger partial charge in [0.05, 0.1) is 0 Å². The zero-order valence-electron chi connectivity index (χ0n) is 6.22. The molecule has 0 spiro atoms. The molecule has 2 unspecified atom stereocenters. The molecule has 52 valence electrons. The van der Waals surface area contributed by atoms with Crippen molar-refractivity contribution in [2.75, 3.05) is 6.54 Å². The molecule has 0 aliphatic heterocycles. The first kappa shape index (κ1) is 6.81. The number of allylic oxidation sites excluding steroid dienone is 2. The van der Waals surface area contributed by atoms with Crippen LogP contribution in [0.2, 0.25) is 0 Å². The predicted octanol–water partition coefficient (Wildman–Crippen LogP) is 1.55. The molecule has 0 aromatic carbocycles. The molecular formula is C8H15N. The monoisotopic (exact) mass is 125 g/mol. The molecule has 0 fully saturated rings. The van der Waals surface area contributed by atoms with Crippen LogP contribution in [0.15, 0.2) is 11.6 Å². The van der Waals surface area contributed by atoms with Crippen LogP contribution in [-0.4, -0.2) is 6.54 Å². The van der Waals surface area contributed by atoms with Gasteiger partial charge >= 0.3 is 0 Å². The van der Waals surface area contributed by atoms with Crippen molar-refractivity contribution in [1.82, 2.24) is 0 Å². The van der Waals surface area contributed by atoms with E-state index < -0.39 is 0 Å². The van der Waals surface area contributed by atoms with E-state index in [1.165, 1.54) is 12.0 Å². The molecule has 0 aromatic heterocycles. The molecule has 0 saturated heterocycles. The van der Waals surface area contributed by atoms with Crippen molar-refractivity contribution in [1.29, 1.82) is 0 Å². The average molecular weight is 125 g/mol. The maximum Gasteiger partial charge on any atom is -0.00403 e. The summed E-state index contributed by atoms with van der Waals surface area (Å²) in [6.45, 7) is 5.27. The molecule has 1 rings (SSSR count). The van der Waals surface area contributed by atoms with Gasteiger partial charge in [-0.15, -0.1) is 0 Å². The van der Waals surface area contributed by atoms with E-state index in [2.05, 4.69) is 19.9 Å². The fourth-order valence-corrected chi connectivity index (χ4v) is 1.55. The summed E-state index contributed by atoms with van der Waals surface area (Å²) >= 11 is 0. The SMILES string of the molecule is CC1=CC(C)C(CN)C1. The molecule has 2 atom stereocenters. The largest absolute Gasteiger partial charge is 0.330 e. The summed E-state index contributed by atoms with van der Waals surface area (Å²) in [5.41, 5.74) is 7.07. The van der Waals surface area contributed by atoms with Crippen molar-refractivity contribution in [2.24, 2.45) is 17.6 Å². The Kier molecular flexibility index (Phi) is 1.91. The molecule has 1 aliphatic carbocycles. The van der Waals surface area contributed by atoms with Crippen LogP contribution in [0.5, 0.6) is 0 Å². The highest BCUT2D eigenvalue weighted by atomic mass is 14.6. The van der Waals surface area contributed by atoms with E-state index in [0.29, 0.717) is 0 Å². The van der Waals surface area contributed by atoms with Crippen LogP contribution in [0.25, 0.3) is 0 Å². The summed E-state index contributed by atoms with van der Waals surface area (Å²) in [5.74, 6) is 1.44. The Morgan fingerprint density at radius 3 is 2.67 bits per heavy atom. The quantitative estimate of drug-likeness (QED) is 0.529. The lowest BCUT2D eigenvalue weighted by Gasteiger charge is -2.10. The molecule has 1 nitrogen and oxygen atoms in total. The van der Waals surface area contributed by atoms with E-state index in [1.54, 1.807) is 0 Å². The van der Waals surface area contributed by atoms with Crippen molar-refractivity contribution in [3.63, 3.8) is 0 Å². The van der Waals surface area contributed by atoms with Gasteiger partial charge in [0.25, 0.3) is 0 Å². The van der Waals surface area contributed by atoms with Crippen LogP contribution >= 0.6 is 0 Å².